The third kappa shape index (κ3) is 4.29. The van der Waals surface area contributed by atoms with E-state index in [4.69, 9.17) is 4.74 Å². The number of para-hydroxylation sites is 1. The van der Waals surface area contributed by atoms with E-state index in [1.165, 1.54) is 18.3 Å². The molecular weight excluding hydrogens is 412 g/mol. The third-order valence-corrected chi connectivity index (χ3v) is 4.53. The molecule has 2 aromatic heterocycles. The van der Waals surface area contributed by atoms with Gasteiger partial charge in [0.05, 0.1) is 29.1 Å². The number of carbonyl (C=O) groups excluding carboxylic acids is 1. The highest BCUT2D eigenvalue weighted by atomic mass is 16.6. The molecule has 0 aliphatic carbocycles. The molecular formula is C22H18N6O4. The molecule has 4 aromatic rings. The zero-order valence-electron chi connectivity index (χ0n) is 17.0. The second-order valence-electron chi connectivity index (χ2n) is 6.61. The number of ether oxygens (including phenoxy) is 1. The molecule has 32 heavy (non-hydrogen) atoms. The van der Waals surface area contributed by atoms with Crippen molar-refractivity contribution in [1.29, 1.82) is 0 Å². The molecule has 4 rings (SSSR count). The average Bonchev–Trinajstić information content (AvgIpc) is 3.24. The molecule has 0 spiro atoms. The standard InChI is InChI=1S/C22H18N6O4/c1-2-32-22(29)18-14-23-27(16-8-4-3-5-9-16)21(18)24-20-12-11-19(25-26-20)15-7-6-10-17(13-15)28(30)31/h3-14H,2H2,1H3,(H,24,26). The van der Waals surface area contributed by atoms with Crippen molar-refractivity contribution < 1.29 is 14.5 Å². The van der Waals surface area contributed by atoms with Crippen LogP contribution in [0.4, 0.5) is 17.3 Å². The van der Waals surface area contributed by atoms with E-state index < -0.39 is 10.9 Å². The minimum absolute atomic E-state index is 0.0302. The normalized spacial score (nSPS) is 10.5. The molecule has 160 valence electrons. The predicted molar refractivity (Wildman–Crippen MR) is 117 cm³/mol. The van der Waals surface area contributed by atoms with Gasteiger partial charge in [0.25, 0.3) is 5.69 Å². The van der Waals surface area contributed by atoms with Gasteiger partial charge in [-0.25, -0.2) is 9.48 Å². The van der Waals surface area contributed by atoms with Gasteiger partial charge in [-0.15, -0.1) is 10.2 Å². The number of nitro benzene ring substituents is 1. The maximum Gasteiger partial charge on any atom is 0.343 e. The van der Waals surface area contributed by atoms with Crippen LogP contribution in [0, 0.1) is 10.1 Å². The molecule has 2 heterocycles. The SMILES string of the molecule is CCOC(=O)c1cnn(-c2ccccc2)c1Nc1ccc(-c2cccc([N+](=O)[O-])c2)nn1. The maximum atomic E-state index is 12.4. The lowest BCUT2D eigenvalue weighted by molar-refractivity contribution is -0.384. The Labute approximate surface area is 182 Å². The Morgan fingerprint density at radius 1 is 1.09 bits per heavy atom. The first kappa shape index (κ1) is 20.7. The highest BCUT2D eigenvalue weighted by Gasteiger charge is 2.20. The summed E-state index contributed by atoms with van der Waals surface area (Å²) in [6, 6.07) is 18.8. The van der Waals surface area contributed by atoms with Crippen molar-refractivity contribution in [2.24, 2.45) is 0 Å². The van der Waals surface area contributed by atoms with Crippen LogP contribution in [0.25, 0.3) is 16.9 Å². The molecule has 0 unspecified atom stereocenters. The number of aromatic nitrogens is 4. The molecule has 2 aromatic carbocycles. The number of benzene rings is 2. The van der Waals surface area contributed by atoms with E-state index in [9.17, 15) is 14.9 Å². The second-order valence-corrected chi connectivity index (χ2v) is 6.61. The Morgan fingerprint density at radius 2 is 1.91 bits per heavy atom. The van der Waals surface area contributed by atoms with Crippen molar-refractivity contribution in [3.05, 3.63) is 88.6 Å². The summed E-state index contributed by atoms with van der Waals surface area (Å²) in [6.07, 6.45) is 1.43. The zero-order valence-corrected chi connectivity index (χ0v) is 17.0. The molecule has 0 aliphatic rings. The fourth-order valence-corrected chi connectivity index (χ4v) is 3.04. The van der Waals surface area contributed by atoms with Gasteiger partial charge in [-0.1, -0.05) is 30.3 Å². The van der Waals surface area contributed by atoms with Gasteiger partial charge in [-0.3, -0.25) is 10.1 Å². The van der Waals surface area contributed by atoms with Crippen LogP contribution in [0.5, 0.6) is 0 Å². The summed E-state index contributed by atoms with van der Waals surface area (Å²) in [6.45, 7) is 1.96. The highest BCUT2D eigenvalue weighted by molar-refractivity contribution is 5.95. The monoisotopic (exact) mass is 430 g/mol. The van der Waals surface area contributed by atoms with Gasteiger partial charge in [0.1, 0.15) is 11.4 Å². The average molecular weight is 430 g/mol. The Hall–Kier alpha value is -4.60. The number of carbonyl (C=O) groups is 1. The van der Waals surface area contributed by atoms with Crippen LogP contribution in [0.2, 0.25) is 0 Å². The molecule has 10 nitrogen and oxygen atoms in total. The fourth-order valence-electron chi connectivity index (χ4n) is 3.04. The van der Waals surface area contributed by atoms with Crippen LogP contribution >= 0.6 is 0 Å². The highest BCUT2D eigenvalue weighted by Crippen LogP contribution is 2.26. The Kier molecular flexibility index (Phi) is 5.84. The molecule has 0 aliphatic heterocycles. The van der Waals surface area contributed by atoms with Crippen LogP contribution < -0.4 is 5.32 Å². The minimum atomic E-state index is -0.515. The largest absolute Gasteiger partial charge is 0.462 e. The van der Waals surface area contributed by atoms with E-state index in [-0.39, 0.29) is 17.9 Å². The minimum Gasteiger partial charge on any atom is -0.462 e. The molecule has 0 bridgehead atoms. The van der Waals surface area contributed by atoms with E-state index in [2.05, 4.69) is 20.6 Å². The smallest absolute Gasteiger partial charge is 0.343 e. The molecule has 1 N–H and O–H groups in total. The molecule has 0 atom stereocenters. The van der Waals surface area contributed by atoms with Crippen LogP contribution in [-0.2, 0) is 4.74 Å². The van der Waals surface area contributed by atoms with Crippen LogP contribution in [-0.4, -0.2) is 37.5 Å². The van der Waals surface area contributed by atoms with Crippen molar-refractivity contribution >= 4 is 23.3 Å². The number of non-ortho nitro benzene ring substituents is 1. The van der Waals surface area contributed by atoms with Gasteiger partial charge in [0, 0.05) is 17.7 Å². The number of hydrogen-bond donors (Lipinski definition) is 1. The Balaban J connectivity index is 1.66. The number of nitrogens with zero attached hydrogens (tertiary/aromatic N) is 5. The summed E-state index contributed by atoms with van der Waals surface area (Å²) in [7, 11) is 0. The van der Waals surface area contributed by atoms with Crippen molar-refractivity contribution in [3.63, 3.8) is 0 Å². The first-order chi connectivity index (χ1) is 15.6. The number of nitro groups is 1. The summed E-state index contributed by atoms with van der Waals surface area (Å²) in [4.78, 5) is 23.0. The number of anilines is 2. The lowest BCUT2D eigenvalue weighted by Crippen LogP contribution is -2.10. The van der Waals surface area contributed by atoms with Gasteiger partial charge in [-0.05, 0) is 31.2 Å². The van der Waals surface area contributed by atoms with E-state index in [0.29, 0.717) is 22.9 Å². The number of rotatable bonds is 7. The molecule has 10 heteroatoms. The molecule has 0 saturated heterocycles. The summed E-state index contributed by atoms with van der Waals surface area (Å²) < 4.78 is 6.71. The first-order valence-electron chi connectivity index (χ1n) is 9.73. The van der Waals surface area contributed by atoms with Crippen LogP contribution in [0.15, 0.2) is 72.9 Å². The maximum absolute atomic E-state index is 12.4. The van der Waals surface area contributed by atoms with Crippen LogP contribution in [0.1, 0.15) is 17.3 Å². The Morgan fingerprint density at radius 3 is 2.59 bits per heavy atom. The van der Waals surface area contributed by atoms with E-state index >= 15 is 0 Å². The lowest BCUT2D eigenvalue weighted by Gasteiger charge is -2.11. The number of esters is 1. The number of hydrogen-bond acceptors (Lipinski definition) is 8. The molecule has 0 fully saturated rings. The molecule has 0 radical (unpaired) electrons. The topological polar surface area (TPSA) is 125 Å². The molecule has 0 saturated carbocycles. The van der Waals surface area contributed by atoms with Crippen LogP contribution in [0.3, 0.4) is 0 Å². The second kappa shape index (κ2) is 9.04. The first-order valence-corrected chi connectivity index (χ1v) is 9.73. The van der Waals surface area contributed by atoms with Gasteiger partial charge >= 0.3 is 5.97 Å². The molecule has 0 amide bonds. The van der Waals surface area contributed by atoms with Crippen molar-refractivity contribution in [3.8, 4) is 16.9 Å². The van der Waals surface area contributed by atoms with E-state index in [1.54, 1.807) is 35.9 Å². The number of nitrogens with one attached hydrogen (secondary N) is 1. The van der Waals surface area contributed by atoms with E-state index in [1.807, 2.05) is 30.3 Å². The van der Waals surface area contributed by atoms with Crippen molar-refractivity contribution in [2.75, 3.05) is 11.9 Å². The predicted octanol–water partition coefficient (Wildman–Crippen LogP) is 4.16. The van der Waals surface area contributed by atoms with Crippen molar-refractivity contribution in [2.45, 2.75) is 6.92 Å². The van der Waals surface area contributed by atoms with Crippen molar-refractivity contribution in [1.82, 2.24) is 20.0 Å². The lowest BCUT2D eigenvalue weighted by atomic mass is 10.1. The summed E-state index contributed by atoms with van der Waals surface area (Å²) in [5.74, 6) is 0.229. The summed E-state index contributed by atoms with van der Waals surface area (Å²) in [5.41, 5.74) is 2.01. The fraction of sp³-hybridized carbons (Fsp3) is 0.0909. The third-order valence-electron chi connectivity index (χ3n) is 4.53. The van der Waals surface area contributed by atoms with E-state index in [0.717, 1.165) is 5.69 Å². The van der Waals surface area contributed by atoms with Gasteiger partial charge < -0.3 is 10.1 Å². The summed E-state index contributed by atoms with van der Waals surface area (Å²) in [5, 5.41) is 26.7. The zero-order chi connectivity index (χ0) is 22.5. The van der Waals surface area contributed by atoms with Gasteiger partial charge in [0.15, 0.2) is 5.82 Å². The quantitative estimate of drug-likeness (QED) is 0.263. The summed E-state index contributed by atoms with van der Waals surface area (Å²) >= 11 is 0. The van der Waals surface area contributed by atoms with Gasteiger partial charge in [0.2, 0.25) is 0 Å². The Bertz CT molecular complexity index is 1260. The van der Waals surface area contributed by atoms with Gasteiger partial charge in [-0.2, -0.15) is 5.10 Å².